The second-order valence-corrected chi connectivity index (χ2v) is 7.35. The summed E-state index contributed by atoms with van der Waals surface area (Å²) < 4.78 is 7.10. The van der Waals surface area contributed by atoms with Crippen molar-refractivity contribution in [3.05, 3.63) is 34.5 Å². The fourth-order valence-corrected chi connectivity index (χ4v) is 4.09. The lowest BCUT2D eigenvalue weighted by molar-refractivity contribution is 0.313. The van der Waals surface area contributed by atoms with Crippen LogP contribution in [-0.4, -0.2) is 6.04 Å². The highest BCUT2D eigenvalue weighted by Gasteiger charge is 2.32. The average Bonchev–Trinajstić information content (AvgIpc) is 3.03. The zero-order valence-electron chi connectivity index (χ0n) is 13.0. The van der Waals surface area contributed by atoms with Crippen LogP contribution >= 0.6 is 15.9 Å². The van der Waals surface area contributed by atoms with Gasteiger partial charge in [0, 0.05) is 15.9 Å². The molecular formula is C18H24BrNO. The number of hydrogen-bond donors (Lipinski definition) is 1. The van der Waals surface area contributed by atoms with Crippen molar-refractivity contribution < 1.29 is 4.42 Å². The van der Waals surface area contributed by atoms with E-state index in [2.05, 4.69) is 54.2 Å². The summed E-state index contributed by atoms with van der Waals surface area (Å²) in [7, 11) is 0. The van der Waals surface area contributed by atoms with Gasteiger partial charge in [-0.3, -0.25) is 0 Å². The molecule has 114 valence electrons. The molecule has 1 saturated carbocycles. The van der Waals surface area contributed by atoms with Crippen LogP contribution in [0.5, 0.6) is 0 Å². The molecule has 3 heteroatoms. The molecule has 4 atom stereocenters. The molecule has 1 aliphatic carbocycles. The molecule has 0 saturated heterocycles. The van der Waals surface area contributed by atoms with Crippen LogP contribution in [-0.2, 0) is 0 Å². The molecule has 0 bridgehead atoms. The van der Waals surface area contributed by atoms with E-state index in [-0.39, 0.29) is 6.04 Å². The van der Waals surface area contributed by atoms with Crippen LogP contribution in [0.1, 0.15) is 51.8 Å². The van der Waals surface area contributed by atoms with Gasteiger partial charge in [-0.15, -0.1) is 0 Å². The Labute approximate surface area is 135 Å². The normalized spacial score (nSPS) is 27.3. The van der Waals surface area contributed by atoms with Crippen molar-refractivity contribution >= 4 is 26.9 Å². The lowest BCUT2D eigenvalue weighted by Gasteiger charge is -2.24. The average molecular weight is 350 g/mol. The van der Waals surface area contributed by atoms with Gasteiger partial charge in [-0.1, -0.05) is 36.2 Å². The first-order valence-electron chi connectivity index (χ1n) is 8.03. The minimum atomic E-state index is 0.263. The van der Waals surface area contributed by atoms with E-state index in [4.69, 9.17) is 4.42 Å². The summed E-state index contributed by atoms with van der Waals surface area (Å²) >= 11 is 3.51. The van der Waals surface area contributed by atoms with Gasteiger partial charge in [0.25, 0.3) is 0 Å². The summed E-state index contributed by atoms with van der Waals surface area (Å²) in [4.78, 5) is 0. The van der Waals surface area contributed by atoms with Gasteiger partial charge in [0.1, 0.15) is 11.3 Å². The molecule has 1 aliphatic rings. The molecule has 21 heavy (non-hydrogen) atoms. The third-order valence-corrected chi connectivity index (χ3v) is 5.63. The molecule has 2 aromatic rings. The van der Waals surface area contributed by atoms with Gasteiger partial charge in [0.15, 0.2) is 0 Å². The quantitative estimate of drug-likeness (QED) is 0.768. The van der Waals surface area contributed by atoms with Crippen molar-refractivity contribution in [1.29, 1.82) is 0 Å². The lowest BCUT2D eigenvalue weighted by atomic mass is 9.93. The summed E-state index contributed by atoms with van der Waals surface area (Å²) in [6, 6.07) is 9.21. The van der Waals surface area contributed by atoms with Crippen LogP contribution in [0.25, 0.3) is 11.0 Å². The predicted molar refractivity (Wildman–Crippen MR) is 91.4 cm³/mol. The maximum absolute atomic E-state index is 6.00. The molecule has 0 amide bonds. The van der Waals surface area contributed by atoms with E-state index < -0.39 is 0 Å². The number of nitrogens with one attached hydrogen (secondary N) is 1. The van der Waals surface area contributed by atoms with E-state index in [1.165, 1.54) is 24.6 Å². The highest BCUT2D eigenvalue weighted by molar-refractivity contribution is 9.10. The van der Waals surface area contributed by atoms with Gasteiger partial charge in [0.05, 0.1) is 6.04 Å². The molecule has 1 aromatic heterocycles. The Balaban J connectivity index is 1.73. The molecule has 0 aliphatic heterocycles. The number of furan rings is 1. The second-order valence-electron chi connectivity index (χ2n) is 6.43. The summed E-state index contributed by atoms with van der Waals surface area (Å²) in [5.74, 6) is 2.67. The highest BCUT2D eigenvalue weighted by Crippen LogP contribution is 2.35. The van der Waals surface area contributed by atoms with Gasteiger partial charge in [-0.05, 0) is 55.9 Å². The van der Waals surface area contributed by atoms with Crippen molar-refractivity contribution in [3.8, 4) is 0 Å². The monoisotopic (exact) mass is 349 g/mol. The van der Waals surface area contributed by atoms with Gasteiger partial charge in [0.2, 0.25) is 0 Å². The van der Waals surface area contributed by atoms with E-state index in [1.807, 2.05) is 12.1 Å². The van der Waals surface area contributed by atoms with Crippen molar-refractivity contribution in [3.63, 3.8) is 0 Å². The van der Waals surface area contributed by atoms with Gasteiger partial charge in [-0.2, -0.15) is 0 Å². The SMILES string of the molecule is CCC1CCC(NC(C)c2cc3cc(Br)ccc3o2)C1C. The second kappa shape index (κ2) is 6.13. The Morgan fingerprint density at radius 2 is 2.14 bits per heavy atom. The van der Waals surface area contributed by atoms with E-state index in [1.54, 1.807) is 0 Å². The van der Waals surface area contributed by atoms with Crippen LogP contribution in [0, 0.1) is 11.8 Å². The largest absolute Gasteiger partial charge is 0.459 e. The Morgan fingerprint density at radius 1 is 1.33 bits per heavy atom. The Bertz CT molecular complexity index is 621. The van der Waals surface area contributed by atoms with Gasteiger partial charge in [-0.25, -0.2) is 0 Å². The maximum Gasteiger partial charge on any atom is 0.134 e. The standard InChI is InChI=1S/C18H24BrNO/c1-4-13-5-7-16(11(13)2)20-12(3)18-10-14-9-15(19)6-8-17(14)21-18/h6,8-13,16,20H,4-5,7H2,1-3H3. The van der Waals surface area contributed by atoms with Crippen LogP contribution in [0.4, 0.5) is 0 Å². The van der Waals surface area contributed by atoms with Crippen molar-refractivity contribution in [2.75, 3.05) is 0 Å². The zero-order chi connectivity index (χ0) is 15.0. The summed E-state index contributed by atoms with van der Waals surface area (Å²) in [5.41, 5.74) is 0.966. The lowest BCUT2D eigenvalue weighted by Crippen LogP contribution is -2.34. The topological polar surface area (TPSA) is 25.2 Å². The molecule has 4 unspecified atom stereocenters. The van der Waals surface area contributed by atoms with E-state index in [9.17, 15) is 0 Å². The fraction of sp³-hybridized carbons (Fsp3) is 0.556. The first kappa shape index (κ1) is 15.1. The van der Waals surface area contributed by atoms with E-state index >= 15 is 0 Å². The van der Waals surface area contributed by atoms with E-state index in [0.29, 0.717) is 6.04 Å². The molecule has 1 N–H and O–H groups in total. The smallest absolute Gasteiger partial charge is 0.134 e. The number of halogens is 1. The number of benzene rings is 1. The van der Waals surface area contributed by atoms with Gasteiger partial charge < -0.3 is 9.73 Å². The van der Waals surface area contributed by atoms with Crippen molar-refractivity contribution in [1.82, 2.24) is 5.32 Å². The van der Waals surface area contributed by atoms with Crippen LogP contribution in [0.2, 0.25) is 0 Å². The molecule has 1 fully saturated rings. The Hall–Kier alpha value is -0.800. The molecule has 3 rings (SSSR count). The molecule has 1 heterocycles. The number of hydrogen-bond acceptors (Lipinski definition) is 2. The van der Waals surface area contributed by atoms with Crippen molar-refractivity contribution in [2.24, 2.45) is 11.8 Å². The van der Waals surface area contributed by atoms with Crippen LogP contribution in [0.15, 0.2) is 33.2 Å². The van der Waals surface area contributed by atoms with Crippen LogP contribution in [0.3, 0.4) is 0 Å². The third kappa shape index (κ3) is 3.04. The van der Waals surface area contributed by atoms with Gasteiger partial charge >= 0.3 is 0 Å². The van der Waals surface area contributed by atoms with Crippen LogP contribution < -0.4 is 5.32 Å². The predicted octanol–water partition coefficient (Wildman–Crippen LogP) is 5.67. The summed E-state index contributed by atoms with van der Waals surface area (Å²) in [5, 5.41) is 4.94. The first-order chi connectivity index (χ1) is 10.1. The molecule has 1 aromatic carbocycles. The zero-order valence-corrected chi connectivity index (χ0v) is 14.6. The number of fused-ring (bicyclic) bond motifs is 1. The molecular weight excluding hydrogens is 326 g/mol. The minimum Gasteiger partial charge on any atom is -0.459 e. The third-order valence-electron chi connectivity index (χ3n) is 5.14. The maximum atomic E-state index is 6.00. The summed E-state index contributed by atoms with van der Waals surface area (Å²) in [6.45, 7) is 6.91. The molecule has 0 radical (unpaired) electrons. The first-order valence-corrected chi connectivity index (χ1v) is 8.82. The molecule has 2 nitrogen and oxygen atoms in total. The number of rotatable bonds is 4. The van der Waals surface area contributed by atoms with Crippen molar-refractivity contribution in [2.45, 2.75) is 52.1 Å². The Morgan fingerprint density at radius 3 is 2.86 bits per heavy atom. The summed E-state index contributed by atoms with van der Waals surface area (Å²) in [6.07, 6.45) is 3.94. The highest BCUT2D eigenvalue weighted by atomic mass is 79.9. The van der Waals surface area contributed by atoms with E-state index in [0.717, 1.165) is 27.7 Å². The molecule has 0 spiro atoms. The minimum absolute atomic E-state index is 0.263. The fourth-order valence-electron chi connectivity index (χ4n) is 3.71. The Kier molecular flexibility index (Phi) is 4.41.